The lowest BCUT2D eigenvalue weighted by molar-refractivity contribution is 0.399. The molecule has 0 fully saturated rings. The van der Waals surface area contributed by atoms with Crippen molar-refractivity contribution >= 4 is 0 Å². The summed E-state index contributed by atoms with van der Waals surface area (Å²) in [4.78, 5) is 4.29. The fraction of sp³-hybridized carbons (Fsp3) is 0.100. The zero-order valence-corrected chi connectivity index (χ0v) is 19.7. The quantitative estimate of drug-likeness (QED) is 0.288. The second kappa shape index (κ2) is 10.8. The van der Waals surface area contributed by atoms with Crippen molar-refractivity contribution in [3.63, 3.8) is 0 Å². The van der Waals surface area contributed by atoms with E-state index < -0.39 is 0 Å². The summed E-state index contributed by atoms with van der Waals surface area (Å²) < 4.78 is 10.3. The maximum atomic E-state index is 5.38. The van der Waals surface area contributed by atoms with Crippen molar-refractivity contribution in [2.24, 2.45) is 0 Å². The van der Waals surface area contributed by atoms with E-state index in [-0.39, 0.29) is 0 Å². The van der Waals surface area contributed by atoms with Crippen LogP contribution >= 0.6 is 0 Å². The molecule has 0 saturated carbocycles. The number of pyridine rings is 1. The SMILES string of the molecule is C#Cc1c(-c2ccccc2)noc1C.Cc1ccc(C#Cc2c(-c3ccccc3)noc2C)nc1. The molecular weight excluding hydrogens is 434 g/mol. The Morgan fingerprint density at radius 1 is 0.657 bits per heavy atom. The van der Waals surface area contributed by atoms with Gasteiger partial charge in [-0.15, -0.1) is 6.42 Å². The van der Waals surface area contributed by atoms with Crippen LogP contribution in [0.2, 0.25) is 0 Å². The molecule has 0 aliphatic carbocycles. The third kappa shape index (κ3) is 5.55. The number of benzene rings is 2. The Labute approximate surface area is 204 Å². The number of terminal acetylenes is 1. The first-order valence-electron chi connectivity index (χ1n) is 11.0. The molecule has 5 nitrogen and oxygen atoms in total. The van der Waals surface area contributed by atoms with Crippen LogP contribution in [0.5, 0.6) is 0 Å². The largest absolute Gasteiger partial charge is 0.360 e. The molecule has 0 amide bonds. The summed E-state index contributed by atoms with van der Waals surface area (Å²) in [6.07, 6.45) is 7.19. The van der Waals surface area contributed by atoms with Crippen LogP contribution in [-0.2, 0) is 0 Å². The fourth-order valence-corrected chi connectivity index (χ4v) is 3.32. The molecule has 0 aliphatic heterocycles. The summed E-state index contributed by atoms with van der Waals surface area (Å²) in [5.74, 6) is 10.2. The Hall–Kier alpha value is -4.87. The Balaban J connectivity index is 0.000000179. The molecule has 0 unspecified atom stereocenters. The van der Waals surface area contributed by atoms with Gasteiger partial charge in [-0.25, -0.2) is 4.98 Å². The van der Waals surface area contributed by atoms with Crippen LogP contribution in [-0.4, -0.2) is 15.3 Å². The highest BCUT2D eigenvalue weighted by Gasteiger charge is 2.13. The molecule has 0 saturated heterocycles. The first-order valence-corrected chi connectivity index (χ1v) is 11.0. The van der Waals surface area contributed by atoms with E-state index in [1.807, 2.05) is 99.8 Å². The molecule has 3 heterocycles. The van der Waals surface area contributed by atoms with E-state index in [4.69, 9.17) is 15.5 Å². The standard InChI is InChI=1S/C18H14N2O.C12H9NO/c1-13-8-9-16(19-12-13)10-11-17-14(2)21-20-18(17)15-6-4-3-5-7-15;1-3-11-9(2)14-13-12(11)10-7-5-4-6-8-10/h3-9,12H,1-2H3;1,4-8H,2H3. The van der Waals surface area contributed by atoms with E-state index in [0.717, 1.165) is 44.9 Å². The van der Waals surface area contributed by atoms with Crippen LogP contribution in [0.25, 0.3) is 22.5 Å². The minimum Gasteiger partial charge on any atom is -0.360 e. The summed E-state index contributed by atoms with van der Waals surface area (Å²) in [7, 11) is 0. The zero-order chi connectivity index (χ0) is 24.6. The molecule has 35 heavy (non-hydrogen) atoms. The van der Waals surface area contributed by atoms with Crippen LogP contribution < -0.4 is 0 Å². The number of hydrogen-bond donors (Lipinski definition) is 0. The molecule has 0 atom stereocenters. The third-order valence-electron chi connectivity index (χ3n) is 5.19. The highest BCUT2D eigenvalue weighted by atomic mass is 16.5. The van der Waals surface area contributed by atoms with Crippen molar-refractivity contribution in [3.8, 4) is 46.7 Å². The van der Waals surface area contributed by atoms with E-state index in [0.29, 0.717) is 11.5 Å². The van der Waals surface area contributed by atoms with Gasteiger partial charge in [0.05, 0.1) is 11.1 Å². The topological polar surface area (TPSA) is 65.0 Å². The van der Waals surface area contributed by atoms with E-state index in [1.54, 1.807) is 0 Å². The number of hydrogen-bond acceptors (Lipinski definition) is 5. The highest BCUT2D eigenvalue weighted by molar-refractivity contribution is 5.68. The smallest absolute Gasteiger partial charge is 0.149 e. The Morgan fingerprint density at radius 3 is 1.71 bits per heavy atom. The van der Waals surface area contributed by atoms with Gasteiger partial charge in [-0.3, -0.25) is 0 Å². The Kier molecular flexibility index (Phi) is 7.21. The maximum absolute atomic E-state index is 5.38. The molecule has 5 rings (SSSR count). The summed E-state index contributed by atoms with van der Waals surface area (Å²) in [6.45, 7) is 5.68. The predicted octanol–water partition coefficient (Wildman–Crippen LogP) is 6.38. The summed E-state index contributed by atoms with van der Waals surface area (Å²) in [5.41, 5.74) is 6.89. The van der Waals surface area contributed by atoms with Gasteiger partial charge >= 0.3 is 0 Å². The van der Waals surface area contributed by atoms with Gasteiger partial charge in [0.2, 0.25) is 0 Å². The molecule has 0 radical (unpaired) electrons. The van der Waals surface area contributed by atoms with Crippen LogP contribution in [0.15, 0.2) is 88.0 Å². The van der Waals surface area contributed by atoms with Crippen molar-refractivity contribution in [1.29, 1.82) is 0 Å². The second-order valence-electron chi connectivity index (χ2n) is 7.77. The number of rotatable bonds is 2. The van der Waals surface area contributed by atoms with Gasteiger partial charge < -0.3 is 9.05 Å². The molecule has 0 N–H and O–H groups in total. The molecule has 170 valence electrons. The van der Waals surface area contributed by atoms with Crippen LogP contribution in [0.3, 0.4) is 0 Å². The second-order valence-corrected chi connectivity index (χ2v) is 7.77. The first kappa shape index (κ1) is 23.3. The molecular formula is C30H23N3O2. The normalized spacial score (nSPS) is 9.89. The molecule has 3 aromatic heterocycles. The van der Waals surface area contributed by atoms with Crippen molar-refractivity contribution in [1.82, 2.24) is 15.3 Å². The highest BCUT2D eigenvalue weighted by Crippen LogP contribution is 2.25. The number of aryl methyl sites for hydroxylation is 3. The van der Waals surface area contributed by atoms with E-state index in [9.17, 15) is 0 Å². The van der Waals surface area contributed by atoms with Gasteiger partial charge in [0.25, 0.3) is 0 Å². The van der Waals surface area contributed by atoms with E-state index in [2.05, 4.69) is 33.1 Å². The first-order chi connectivity index (χ1) is 17.1. The van der Waals surface area contributed by atoms with Gasteiger partial charge in [0.1, 0.15) is 28.6 Å². The monoisotopic (exact) mass is 457 g/mol. The average Bonchev–Trinajstić information content (AvgIpc) is 3.46. The summed E-state index contributed by atoms with van der Waals surface area (Å²) in [5, 5.41) is 8.05. The lowest BCUT2D eigenvalue weighted by Crippen LogP contribution is -1.85. The van der Waals surface area contributed by atoms with Crippen molar-refractivity contribution in [2.75, 3.05) is 0 Å². The molecule has 0 spiro atoms. The molecule has 5 aromatic rings. The summed E-state index contributed by atoms with van der Waals surface area (Å²) >= 11 is 0. The lowest BCUT2D eigenvalue weighted by Gasteiger charge is -1.95. The molecule has 5 heteroatoms. The van der Waals surface area contributed by atoms with Crippen LogP contribution in [0.4, 0.5) is 0 Å². The number of aromatic nitrogens is 3. The van der Waals surface area contributed by atoms with Crippen molar-refractivity contribution < 1.29 is 9.05 Å². The molecule has 2 aromatic carbocycles. The van der Waals surface area contributed by atoms with Gasteiger partial charge in [0.15, 0.2) is 0 Å². The van der Waals surface area contributed by atoms with Gasteiger partial charge in [-0.05, 0) is 38.3 Å². The van der Waals surface area contributed by atoms with Gasteiger partial charge in [-0.2, -0.15) is 0 Å². The van der Waals surface area contributed by atoms with Crippen molar-refractivity contribution in [3.05, 3.63) is 113 Å². The Bertz CT molecular complexity index is 1510. The van der Waals surface area contributed by atoms with Crippen molar-refractivity contribution in [2.45, 2.75) is 20.8 Å². The lowest BCUT2D eigenvalue weighted by atomic mass is 10.1. The number of nitrogens with zero attached hydrogens (tertiary/aromatic N) is 3. The minimum absolute atomic E-state index is 0.686. The maximum Gasteiger partial charge on any atom is 0.149 e. The third-order valence-corrected chi connectivity index (χ3v) is 5.19. The summed E-state index contributed by atoms with van der Waals surface area (Å²) in [6, 6.07) is 23.6. The Morgan fingerprint density at radius 2 is 1.20 bits per heavy atom. The van der Waals surface area contributed by atoms with E-state index >= 15 is 0 Å². The van der Waals surface area contributed by atoms with Gasteiger partial charge in [-0.1, -0.05) is 88.9 Å². The predicted molar refractivity (Wildman–Crippen MR) is 136 cm³/mol. The fourth-order valence-electron chi connectivity index (χ4n) is 3.32. The molecule has 0 bridgehead atoms. The van der Waals surface area contributed by atoms with Crippen LogP contribution in [0.1, 0.15) is 33.9 Å². The van der Waals surface area contributed by atoms with Gasteiger partial charge in [0, 0.05) is 17.3 Å². The zero-order valence-electron chi connectivity index (χ0n) is 19.7. The molecule has 0 aliphatic rings. The average molecular weight is 458 g/mol. The van der Waals surface area contributed by atoms with E-state index in [1.165, 1.54) is 0 Å². The van der Waals surface area contributed by atoms with Crippen LogP contribution in [0, 0.1) is 45.0 Å². The minimum atomic E-state index is 0.686.